The molecule has 10 heteroatoms. The van der Waals surface area contributed by atoms with Crippen molar-refractivity contribution in [2.45, 2.75) is 192 Å². The van der Waals surface area contributed by atoms with Crippen molar-refractivity contribution in [2.24, 2.45) is 56.2 Å². The van der Waals surface area contributed by atoms with Crippen molar-refractivity contribution in [3.05, 3.63) is 46.0 Å². The van der Waals surface area contributed by atoms with Gasteiger partial charge in [0.2, 0.25) is 0 Å². The first kappa shape index (κ1) is 49.2. The summed E-state index contributed by atoms with van der Waals surface area (Å²) in [7, 11) is 0. The lowest BCUT2D eigenvalue weighted by molar-refractivity contribution is -0.233. The number of carbonyl (C=O) groups is 5. The van der Waals surface area contributed by atoms with Crippen LogP contribution in [0.4, 0.5) is 4.79 Å². The molecule has 4 saturated carbocycles. The molecule has 1 aromatic rings. The average Bonchev–Trinajstić information content (AvgIpc) is 3.45. The van der Waals surface area contributed by atoms with Gasteiger partial charge in [-0.25, -0.2) is 4.79 Å². The van der Waals surface area contributed by atoms with Gasteiger partial charge in [0, 0.05) is 23.4 Å². The highest BCUT2D eigenvalue weighted by atomic mass is 35.5. The number of benzene rings is 1. The molecule has 1 amide bonds. The summed E-state index contributed by atoms with van der Waals surface area (Å²) in [5.41, 5.74) is -1.18. The number of esters is 2. The van der Waals surface area contributed by atoms with Crippen LogP contribution >= 0.6 is 11.6 Å². The zero-order valence-electron chi connectivity index (χ0n) is 41.3. The van der Waals surface area contributed by atoms with E-state index in [1.54, 1.807) is 26.0 Å². The van der Waals surface area contributed by atoms with E-state index in [9.17, 15) is 19.2 Å². The Hall–Kier alpha value is -3.20. The number of Topliss-reactive ketones (excluding diaryl/α,β-unsaturated/α-hetero) is 2. The Morgan fingerprint density at radius 2 is 1.40 bits per heavy atom. The van der Waals surface area contributed by atoms with Crippen LogP contribution < -0.4 is 0 Å². The first-order valence-electron chi connectivity index (χ1n) is 23.8. The van der Waals surface area contributed by atoms with E-state index in [4.69, 9.17) is 25.8 Å². The van der Waals surface area contributed by atoms with Gasteiger partial charge in [0.05, 0.1) is 23.8 Å². The summed E-state index contributed by atoms with van der Waals surface area (Å²) in [6.07, 6.45) is 6.26. The molecule has 1 unspecified atom stereocenters. The maximum absolute atomic E-state index is 15.2. The van der Waals surface area contributed by atoms with E-state index in [0.29, 0.717) is 23.3 Å². The summed E-state index contributed by atoms with van der Waals surface area (Å²) < 4.78 is 17.9. The highest BCUT2D eigenvalue weighted by Gasteiger charge is 2.71. The number of hydrogen-bond acceptors (Lipinski definition) is 8. The van der Waals surface area contributed by atoms with E-state index in [1.165, 1.54) is 4.90 Å². The lowest BCUT2D eigenvalue weighted by Gasteiger charge is -2.72. The van der Waals surface area contributed by atoms with Crippen molar-refractivity contribution in [3.8, 4) is 0 Å². The number of ketones is 2. The maximum atomic E-state index is 15.2. The minimum Gasteiger partial charge on any atom is -0.462 e. The van der Waals surface area contributed by atoms with Crippen molar-refractivity contribution < 1.29 is 38.2 Å². The standard InChI is InChI=1S/C53H78ClNO8/c1-32(2)42-36(56)28-53(39(57)31-55(45(60)63-47(6,7)8)30-33-16-18-34(54)19-17-33)27-26-51(14)35(43(42)53)20-21-38-50(13)24-23-40(49(11,12)37(50)22-25-52(38,51)15)61-41(58)29-48(9,10)44(59)62-46(3,4)5/h16-19,32,35,37-38,40H,20-31H2,1-15H3/t35?,37-,38+,40-,50-,51+,52+,53-/m0/s1. The molecule has 0 aromatic heterocycles. The van der Waals surface area contributed by atoms with Crippen LogP contribution in [-0.2, 0) is 39.9 Å². The van der Waals surface area contributed by atoms with Crippen LogP contribution in [0.5, 0.6) is 0 Å². The van der Waals surface area contributed by atoms with Crippen LogP contribution in [0.15, 0.2) is 35.4 Å². The Morgan fingerprint density at radius 1 is 0.778 bits per heavy atom. The summed E-state index contributed by atoms with van der Waals surface area (Å²) in [4.78, 5) is 71.6. The molecule has 0 bridgehead atoms. The molecule has 8 atom stereocenters. The van der Waals surface area contributed by atoms with E-state index in [1.807, 2.05) is 53.7 Å². The third-order valence-electron chi connectivity index (χ3n) is 17.0. The second kappa shape index (κ2) is 16.6. The SMILES string of the molecule is CC(C)C1=C2C3CC[C@@H]4[C@@]5(C)CC[C@H](OC(=O)CC(C)(C)C(=O)OC(C)(C)C)C(C)(C)[C@@H]5CC[C@@]4(C)[C@]3(C)CC[C@@]2(C(=O)CN(Cc2ccc(Cl)cc2)C(=O)OC(C)(C)C)CC1=O. The fraction of sp³-hybridized carbons (Fsp3) is 0.755. The van der Waals surface area contributed by atoms with Gasteiger partial charge < -0.3 is 14.2 Å². The van der Waals surface area contributed by atoms with Crippen LogP contribution in [-0.4, -0.2) is 58.3 Å². The third-order valence-corrected chi connectivity index (χ3v) is 17.2. The number of rotatable bonds is 10. The zero-order valence-corrected chi connectivity index (χ0v) is 42.0. The molecule has 350 valence electrons. The van der Waals surface area contributed by atoms with Gasteiger partial charge in [-0.1, -0.05) is 72.2 Å². The number of allylic oxidation sites excluding steroid dienone is 2. The molecule has 0 radical (unpaired) electrons. The van der Waals surface area contributed by atoms with Crippen LogP contribution in [0, 0.1) is 56.2 Å². The number of nitrogens with zero attached hydrogens (tertiary/aromatic N) is 1. The predicted molar refractivity (Wildman–Crippen MR) is 247 cm³/mol. The highest BCUT2D eigenvalue weighted by molar-refractivity contribution is 6.30. The van der Waals surface area contributed by atoms with Gasteiger partial charge in [-0.2, -0.15) is 0 Å². The predicted octanol–water partition coefficient (Wildman–Crippen LogP) is 12.3. The van der Waals surface area contributed by atoms with Crippen molar-refractivity contribution >= 4 is 41.2 Å². The minimum atomic E-state index is -1.01. The summed E-state index contributed by atoms with van der Waals surface area (Å²) in [6.45, 7) is 30.7. The molecule has 1 aromatic carbocycles. The second-order valence-corrected chi connectivity index (χ2v) is 25.0. The number of halogens is 1. The van der Waals surface area contributed by atoms with Gasteiger partial charge in [-0.15, -0.1) is 0 Å². The number of carbonyl (C=O) groups excluding carboxylic acids is 5. The number of ether oxygens (including phenoxy) is 3. The van der Waals surface area contributed by atoms with Crippen molar-refractivity contribution in [1.29, 1.82) is 0 Å². The Bertz CT molecular complexity index is 2020. The Kier molecular flexibility index (Phi) is 13.0. The summed E-state index contributed by atoms with van der Waals surface area (Å²) in [5, 5.41) is 0.587. The molecule has 0 spiro atoms. The van der Waals surface area contributed by atoms with Crippen LogP contribution in [0.1, 0.15) is 174 Å². The third kappa shape index (κ3) is 8.92. The molecule has 0 heterocycles. The number of amides is 1. The van der Waals surface area contributed by atoms with Crippen molar-refractivity contribution in [1.82, 2.24) is 4.90 Å². The largest absolute Gasteiger partial charge is 0.462 e. The Labute approximate surface area is 383 Å². The maximum Gasteiger partial charge on any atom is 0.410 e. The number of fused-ring (bicyclic) bond motifs is 7. The monoisotopic (exact) mass is 892 g/mol. The Balaban J connectivity index is 1.27. The van der Waals surface area contributed by atoms with Gasteiger partial charge in [0.25, 0.3) is 0 Å². The van der Waals surface area contributed by atoms with Crippen LogP contribution in [0.2, 0.25) is 5.02 Å². The molecule has 0 saturated heterocycles. The molecular formula is C53H78ClNO8. The lowest BCUT2D eigenvalue weighted by Crippen LogP contribution is -2.66. The van der Waals surface area contributed by atoms with E-state index < -0.39 is 34.1 Å². The van der Waals surface area contributed by atoms with E-state index in [-0.39, 0.29) is 83.1 Å². The van der Waals surface area contributed by atoms with Gasteiger partial charge in [-0.05, 0) is 176 Å². The zero-order chi connectivity index (χ0) is 47.1. The molecule has 0 aliphatic heterocycles. The fourth-order valence-electron chi connectivity index (χ4n) is 13.8. The topological polar surface area (TPSA) is 116 Å². The van der Waals surface area contributed by atoms with Crippen LogP contribution in [0.25, 0.3) is 0 Å². The molecule has 5 aliphatic carbocycles. The lowest BCUT2D eigenvalue weighted by atomic mass is 9.33. The Morgan fingerprint density at radius 3 is 1.98 bits per heavy atom. The van der Waals surface area contributed by atoms with Crippen molar-refractivity contribution in [2.75, 3.05) is 6.54 Å². The molecule has 9 nitrogen and oxygen atoms in total. The molecular weight excluding hydrogens is 814 g/mol. The first-order valence-corrected chi connectivity index (χ1v) is 24.2. The minimum absolute atomic E-state index is 0.0101. The molecule has 0 N–H and O–H groups in total. The number of hydrogen-bond donors (Lipinski definition) is 0. The summed E-state index contributed by atoms with van der Waals surface area (Å²) >= 11 is 6.21. The van der Waals surface area contributed by atoms with Crippen molar-refractivity contribution in [3.63, 3.8) is 0 Å². The van der Waals surface area contributed by atoms with E-state index >= 15 is 4.79 Å². The fourth-order valence-corrected chi connectivity index (χ4v) is 14.0. The van der Waals surface area contributed by atoms with Crippen LogP contribution in [0.3, 0.4) is 0 Å². The smallest absolute Gasteiger partial charge is 0.410 e. The van der Waals surface area contributed by atoms with Gasteiger partial charge >= 0.3 is 18.0 Å². The van der Waals surface area contributed by atoms with E-state index in [0.717, 1.165) is 61.7 Å². The molecule has 63 heavy (non-hydrogen) atoms. The highest BCUT2D eigenvalue weighted by Crippen LogP contribution is 2.77. The molecule has 5 aliphatic rings. The summed E-state index contributed by atoms with van der Waals surface area (Å²) in [5.74, 6) is -0.0216. The normalized spacial score (nSPS) is 32.8. The summed E-state index contributed by atoms with van der Waals surface area (Å²) in [6, 6.07) is 7.28. The van der Waals surface area contributed by atoms with Gasteiger partial charge in [0.1, 0.15) is 17.3 Å². The van der Waals surface area contributed by atoms with Gasteiger partial charge in [0.15, 0.2) is 11.6 Å². The quantitative estimate of drug-likeness (QED) is 0.168. The molecule has 6 rings (SSSR count). The first-order chi connectivity index (χ1) is 28.8. The second-order valence-electron chi connectivity index (χ2n) is 24.6. The average molecular weight is 893 g/mol. The van der Waals surface area contributed by atoms with Gasteiger partial charge in [-0.3, -0.25) is 24.1 Å². The van der Waals surface area contributed by atoms with E-state index in [2.05, 4.69) is 48.5 Å². The molecule has 4 fully saturated rings.